The highest BCUT2D eigenvalue weighted by Gasteiger charge is 2.17. The van der Waals surface area contributed by atoms with Crippen molar-refractivity contribution in [3.63, 3.8) is 0 Å². The van der Waals surface area contributed by atoms with Crippen LogP contribution in [0.25, 0.3) is 0 Å². The van der Waals surface area contributed by atoms with Crippen molar-refractivity contribution in [1.82, 2.24) is 4.98 Å². The van der Waals surface area contributed by atoms with Crippen molar-refractivity contribution in [3.05, 3.63) is 41.9 Å². The van der Waals surface area contributed by atoms with Crippen LogP contribution in [0.3, 0.4) is 0 Å². The molecular formula is C11H11NO3S2. The summed E-state index contributed by atoms with van der Waals surface area (Å²) in [7, 11) is -3.30. The van der Waals surface area contributed by atoms with Gasteiger partial charge in [-0.2, -0.15) is 0 Å². The first-order chi connectivity index (χ1) is 8.18. The topological polar surface area (TPSA) is 56.3 Å². The number of ether oxygens (including phenoxy) is 1. The van der Waals surface area contributed by atoms with Crippen LogP contribution < -0.4 is 4.74 Å². The molecule has 90 valence electrons. The molecule has 0 aliphatic carbocycles. The minimum atomic E-state index is -3.30. The SMILES string of the molecule is O=S(=O)(CCOc1ccccc1)c1nccs1. The first kappa shape index (κ1) is 12.1. The van der Waals surface area contributed by atoms with Gasteiger partial charge in [0.05, 0.1) is 5.75 Å². The molecule has 0 aliphatic heterocycles. The van der Waals surface area contributed by atoms with E-state index in [0.29, 0.717) is 5.75 Å². The summed E-state index contributed by atoms with van der Waals surface area (Å²) in [6.45, 7) is 0.131. The maximum absolute atomic E-state index is 11.8. The molecule has 6 heteroatoms. The third-order valence-corrected chi connectivity index (χ3v) is 5.00. The highest BCUT2D eigenvalue weighted by molar-refractivity contribution is 7.93. The standard InChI is InChI=1S/C11H11NO3S2/c13-17(14,11-12-6-8-16-11)9-7-15-10-4-2-1-3-5-10/h1-6,8H,7,9H2. The molecule has 0 aliphatic rings. The van der Waals surface area contributed by atoms with Gasteiger partial charge in [-0.3, -0.25) is 0 Å². The molecule has 1 aromatic heterocycles. The molecule has 0 amide bonds. The summed E-state index contributed by atoms with van der Waals surface area (Å²) in [5, 5.41) is 1.64. The van der Waals surface area contributed by atoms with E-state index >= 15 is 0 Å². The lowest BCUT2D eigenvalue weighted by Crippen LogP contribution is -2.14. The number of nitrogens with zero attached hydrogens (tertiary/aromatic N) is 1. The van der Waals surface area contributed by atoms with Crippen LogP contribution in [0.1, 0.15) is 0 Å². The molecule has 0 saturated carbocycles. The zero-order valence-corrected chi connectivity index (χ0v) is 10.6. The first-order valence-electron chi connectivity index (χ1n) is 4.98. The zero-order chi connectivity index (χ0) is 12.1. The smallest absolute Gasteiger partial charge is 0.209 e. The van der Waals surface area contributed by atoms with E-state index in [0.717, 1.165) is 11.3 Å². The predicted molar refractivity (Wildman–Crippen MR) is 66.1 cm³/mol. The number of hydrogen-bond acceptors (Lipinski definition) is 5. The number of thiazole rings is 1. The second-order valence-electron chi connectivity index (χ2n) is 3.28. The summed E-state index contributed by atoms with van der Waals surface area (Å²) in [4.78, 5) is 3.79. The number of para-hydroxylation sites is 1. The van der Waals surface area contributed by atoms with E-state index < -0.39 is 9.84 Å². The van der Waals surface area contributed by atoms with Crippen molar-refractivity contribution in [2.75, 3.05) is 12.4 Å². The van der Waals surface area contributed by atoms with E-state index in [2.05, 4.69) is 4.98 Å². The van der Waals surface area contributed by atoms with Gasteiger partial charge in [0.15, 0.2) is 0 Å². The van der Waals surface area contributed by atoms with Crippen molar-refractivity contribution in [2.24, 2.45) is 0 Å². The molecule has 17 heavy (non-hydrogen) atoms. The molecule has 4 nitrogen and oxygen atoms in total. The predicted octanol–water partition coefficient (Wildman–Crippen LogP) is 2.00. The summed E-state index contributed by atoms with van der Waals surface area (Å²) in [6.07, 6.45) is 1.48. The minimum Gasteiger partial charge on any atom is -0.493 e. The Bertz CT molecular complexity index is 550. The van der Waals surface area contributed by atoms with Gasteiger partial charge in [-0.15, -0.1) is 11.3 Å². The molecule has 0 radical (unpaired) electrons. The average Bonchev–Trinajstić information content (AvgIpc) is 2.84. The fourth-order valence-corrected chi connectivity index (χ4v) is 3.30. The third-order valence-electron chi connectivity index (χ3n) is 2.04. The quantitative estimate of drug-likeness (QED) is 0.833. The maximum atomic E-state index is 11.8. The summed E-state index contributed by atoms with van der Waals surface area (Å²) in [5.74, 6) is 0.608. The summed E-state index contributed by atoms with van der Waals surface area (Å²) in [6, 6.07) is 9.13. The van der Waals surface area contributed by atoms with Crippen LogP contribution in [0.15, 0.2) is 46.2 Å². The van der Waals surface area contributed by atoms with Crippen molar-refractivity contribution in [2.45, 2.75) is 4.34 Å². The lowest BCUT2D eigenvalue weighted by Gasteiger charge is -2.05. The highest BCUT2D eigenvalue weighted by Crippen LogP contribution is 2.14. The van der Waals surface area contributed by atoms with E-state index in [9.17, 15) is 8.42 Å². The van der Waals surface area contributed by atoms with Gasteiger partial charge in [-0.25, -0.2) is 13.4 Å². The highest BCUT2D eigenvalue weighted by atomic mass is 32.2. The van der Waals surface area contributed by atoms with Gasteiger partial charge in [0.25, 0.3) is 0 Å². The Morgan fingerprint density at radius 2 is 2.00 bits per heavy atom. The van der Waals surface area contributed by atoms with E-state index in [1.165, 1.54) is 6.20 Å². The maximum Gasteiger partial charge on any atom is 0.209 e. The number of hydrogen-bond donors (Lipinski definition) is 0. The zero-order valence-electron chi connectivity index (χ0n) is 8.94. The normalized spacial score (nSPS) is 11.3. The van der Waals surface area contributed by atoms with Crippen LogP contribution >= 0.6 is 11.3 Å². The van der Waals surface area contributed by atoms with Crippen LogP contribution in [0.5, 0.6) is 5.75 Å². The van der Waals surface area contributed by atoms with E-state index in [4.69, 9.17) is 4.74 Å². The van der Waals surface area contributed by atoms with Crippen molar-refractivity contribution in [3.8, 4) is 5.75 Å². The summed E-state index contributed by atoms with van der Waals surface area (Å²) in [5.41, 5.74) is 0. The van der Waals surface area contributed by atoms with E-state index in [-0.39, 0.29) is 16.7 Å². The molecule has 0 spiro atoms. The number of rotatable bonds is 5. The monoisotopic (exact) mass is 269 g/mol. The van der Waals surface area contributed by atoms with Crippen LogP contribution in [-0.2, 0) is 9.84 Å². The van der Waals surface area contributed by atoms with Gasteiger partial charge in [0, 0.05) is 11.6 Å². The average molecular weight is 269 g/mol. The second kappa shape index (κ2) is 5.29. The van der Waals surface area contributed by atoms with Crippen molar-refractivity contribution >= 4 is 21.2 Å². The molecule has 0 unspecified atom stereocenters. The molecule has 0 bridgehead atoms. The Labute approximate surface area is 104 Å². The van der Waals surface area contributed by atoms with Crippen LogP contribution in [0, 0.1) is 0 Å². The van der Waals surface area contributed by atoms with E-state index in [1.54, 1.807) is 17.5 Å². The van der Waals surface area contributed by atoms with E-state index in [1.807, 2.05) is 18.2 Å². The second-order valence-corrected chi connectivity index (χ2v) is 6.46. The largest absolute Gasteiger partial charge is 0.493 e. The number of aromatic nitrogens is 1. The first-order valence-corrected chi connectivity index (χ1v) is 7.52. The summed E-state index contributed by atoms with van der Waals surface area (Å²) < 4.78 is 29.0. The Morgan fingerprint density at radius 3 is 2.65 bits per heavy atom. The fraction of sp³-hybridized carbons (Fsp3) is 0.182. The van der Waals surface area contributed by atoms with Crippen LogP contribution in [0.4, 0.5) is 0 Å². The van der Waals surface area contributed by atoms with Gasteiger partial charge in [0.1, 0.15) is 12.4 Å². The van der Waals surface area contributed by atoms with Gasteiger partial charge in [-0.1, -0.05) is 18.2 Å². The van der Waals surface area contributed by atoms with Gasteiger partial charge in [-0.05, 0) is 12.1 Å². The molecule has 0 N–H and O–H groups in total. The number of sulfone groups is 1. The Kier molecular flexibility index (Phi) is 3.75. The molecule has 1 heterocycles. The molecule has 0 fully saturated rings. The van der Waals surface area contributed by atoms with Gasteiger partial charge >= 0.3 is 0 Å². The third kappa shape index (κ3) is 3.28. The number of benzene rings is 1. The minimum absolute atomic E-state index is 0.0601. The van der Waals surface area contributed by atoms with Crippen molar-refractivity contribution in [1.29, 1.82) is 0 Å². The molecule has 0 saturated heterocycles. The fourth-order valence-electron chi connectivity index (χ4n) is 1.24. The summed E-state index contributed by atoms with van der Waals surface area (Å²) >= 11 is 1.12. The lowest BCUT2D eigenvalue weighted by molar-refractivity contribution is 0.341. The van der Waals surface area contributed by atoms with Crippen LogP contribution in [0.2, 0.25) is 0 Å². The molecule has 2 aromatic rings. The van der Waals surface area contributed by atoms with Crippen molar-refractivity contribution < 1.29 is 13.2 Å². The molecule has 0 atom stereocenters. The molecule has 1 aromatic carbocycles. The van der Waals surface area contributed by atoms with Gasteiger partial charge < -0.3 is 4.74 Å². The molecular weight excluding hydrogens is 258 g/mol. The molecule has 2 rings (SSSR count). The van der Waals surface area contributed by atoms with Crippen LogP contribution in [-0.4, -0.2) is 25.8 Å². The lowest BCUT2D eigenvalue weighted by atomic mass is 10.3. The Morgan fingerprint density at radius 1 is 1.24 bits per heavy atom. The van der Waals surface area contributed by atoms with Gasteiger partial charge in [0.2, 0.25) is 14.2 Å². The Hall–Kier alpha value is -1.40. The Balaban J connectivity index is 1.91.